The second-order valence-electron chi connectivity index (χ2n) is 4.17. The van der Waals surface area contributed by atoms with Gasteiger partial charge < -0.3 is 10.0 Å². The van der Waals surface area contributed by atoms with Crippen molar-refractivity contribution < 1.29 is 14.8 Å². The monoisotopic (exact) mass is 252 g/mol. The van der Waals surface area contributed by atoms with E-state index < -0.39 is 16.9 Å². The van der Waals surface area contributed by atoms with Gasteiger partial charge in [-0.1, -0.05) is 12.1 Å². The average Bonchev–Trinajstić information content (AvgIpc) is 2.35. The molecule has 0 aromatic heterocycles. The summed E-state index contributed by atoms with van der Waals surface area (Å²) in [5.74, 6) is -0.457. The van der Waals surface area contributed by atoms with Gasteiger partial charge in [0.15, 0.2) is 0 Å². The fourth-order valence-corrected chi connectivity index (χ4v) is 1.58. The van der Waals surface area contributed by atoms with E-state index in [0.29, 0.717) is 5.56 Å². The number of aliphatic hydroxyl groups excluding tert-OH is 1. The number of nitro benzene ring substituents is 1. The van der Waals surface area contributed by atoms with Crippen LogP contribution in [-0.2, 0) is 0 Å². The van der Waals surface area contributed by atoms with Crippen molar-refractivity contribution in [1.82, 2.24) is 4.90 Å². The zero-order valence-electron chi connectivity index (χ0n) is 10.6. The predicted molar refractivity (Wildman–Crippen MR) is 66.5 cm³/mol. The SMILES string of the molecule is Cc1cccc([N+](=O)[O-])c1C(=O)N(C)C(C)CO. The highest BCUT2D eigenvalue weighted by Gasteiger charge is 2.26. The molecule has 1 aromatic rings. The summed E-state index contributed by atoms with van der Waals surface area (Å²) in [5.41, 5.74) is 0.411. The molecule has 0 bridgehead atoms. The van der Waals surface area contributed by atoms with E-state index in [2.05, 4.69) is 0 Å². The molecular formula is C12H16N2O4. The summed E-state index contributed by atoms with van der Waals surface area (Å²) in [6.07, 6.45) is 0. The number of likely N-dealkylation sites (N-methyl/N-ethyl adjacent to an activating group) is 1. The third-order valence-electron chi connectivity index (χ3n) is 2.91. The number of amides is 1. The van der Waals surface area contributed by atoms with Gasteiger partial charge in [-0.05, 0) is 19.4 Å². The standard InChI is InChI=1S/C12H16N2O4/c1-8-5-4-6-10(14(17)18)11(8)12(16)13(3)9(2)7-15/h4-6,9,15H,7H2,1-3H3. The van der Waals surface area contributed by atoms with E-state index in [1.807, 2.05) is 0 Å². The first-order chi connectivity index (χ1) is 8.40. The van der Waals surface area contributed by atoms with Gasteiger partial charge in [-0.15, -0.1) is 0 Å². The van der Waals surface area contributed by atoms with Gasteiger partial charge in [0.2, 0.25) is 0 Å². The van der Waals surface area contributed by atoms with Crippen LogP contribution in [0.1, 0.15) is 22.8 Å². The van der Waals surface area contributed by atoms with Crippen molar-refractivity contribution in [2.24, 2.45) is 0 Å². The number of aryl methyl sites for hydroxylation is 1. The maximum Gasteiger partial charge on any atom is 0.282 e. The lowest BCUT2D eigenvalue weighted by Gasteiger charge is -2.23. The molecule has 1 N–H and O–H groups in total. The van der Waals surface area contributed by atoms with Crippen LogP contribution in [0.25, 0.3) is 0 Å². The smallest absolute Gasteiger partial charge is 0.282 e. The predicted octanol–water partition coefficient (Wildman–Crippen LogP) is 1.36. The van der Waals surface area contributed by atoms with Crippen molar-refractivity contribution in [1.29, 1.82) is 0 Å². The van der Waals surface area contributed by atoms with Crippen LogP contribution < -0.4 is 0 Å². The van der Waals surface area contributed by atoms with Gasteiger partial charge in [0, 0.05) is 13.1 Å². The summed E-state index contributed by atoms with van der Waals surface area (Å²) in [4.78, 5) is 23.9. The van der Waals surface area contributed by atoms with Crippen molar-refractivity contribution >= 4 is 11.6 Å². The minimum atomic E-state index is -0.572. The van der Waals surface area contributed by atoms with Gasteiger partial charge >= 0.3 is 0 Å². The van der Waals surface area contributed by atoms with Crippen LogP contribution >= 0.6 is 0 Å². The minimum absolute atomic E-state index is 0.0744. The van der Waals surface area contributed by atoms with Crippen molar-refractivity contribution in [3.8, 4) is 0 Å². The second kappa shape index (κ2) is 5.59. The fraction of sp³-hybridized carbons (Fsp3) is 0.417. The number of rotatable bonds is 4. The topological polar surface area (TPSA) is 83.7 Å². The molecule has 0 aliphatic heterocycles. The van der Waals surface area contributed by atoms with Crippen LogP contribution in [-0.4, -0.2) is 40.5 Å². The first kappa shape index (κ1) is 14.1. The van der Waals surface area contributed by atoms with Gasteiger partial charge in [0.1, 0.15) is 5.56 Å². The third kappa shape index (κ3) is 2.65. The molecule has 0 heterocycles. The maximum absolute atomic E-state index is 12.2. The molecule has 1 unspecified atom stereocenters. The van der Waals surface area contributed by atoms with Crippen LogP contribution in [0.15, 0.2) is 18.2 Å². The molecule has 1 atom stereocenters. The number of carbonyl (C=O) groups excluding carboxylic acids is 1. The summed E-state index contributed by atoms with van der Waals surface area (Å²) in [6.45, 7) is 3.13. The summed E-state index contributed by atoms with van der Waals surface area (Å²) in [5, 5.41) is 19.9. The quantitative estimate of drug-likeness (QED) is 0.647. The lowest BCUT2D eigenvalue weighted by atomic mass is 10.0. The Hall–Kier alpha value is -1.95. The summed E-state index contributed by atoms with van der Waals surface area (Å²) in [6, 6.07) is 4.10. The third-order valence-corrected chi connectivity index (χ3v) is 2.91. The van der Waals surface area contributed by atoms with Crippen molar-refractivity contribution in [2.75, 3.05) is 13.7 Å². The van der Waals surface area contributed by atoms with Crippen LogP contribution in [0.3, 0.4) is 0 Å². The molecule has 1 rings (SSSR count). The summed E-state index contributed by atoms with van der Waals surface area (Å²) in [7, 11) is 1.51. The Kier molecular flexibility index (Phi) is 4.38. The van der Waals surface area contributed by atoms with Gasteiger partial charge in [-0.25, -0.2) is 0 Å². The Labute approximate surface area is 105 Å². The number of benzene rings is 1. The van der Waals surface area contributed by atoms with E-state index in [9.17, 15) is 14.9 Å². The Morgan fingerprint density at radius 2 is 2.17 bits per heavy atom. The number of carbonyl (C=O) groups is 1. The van der Waals surface area contributed by atoms with E-state index in [4.69, 9.17) is 5.11 Å². The van der Waals surface area contributed by atoms with Crippen LogP contribution in [0.5, 0.6) is 0 Å². The molecule has 0 spiro atoms. The van der Waals surface area contributed by atoms with E-state index in [0.717, 1.165) is 0 Å². The number of nitro groups is 1. The molecule has 0 saturated heterocycles. The molecule has 6 heteroatoms. The van der Waals surface area contributed by atoms with Gasteiger partial charge in [0.25, 0.3) is 11.6 Å². The summed E-state index contributed by atoms with van der Waals surface area (Å²) >= 11 is 0. The number of hydrogen-bond acceptors (Lipinski definition) is 4. The molecule has 0 aliphatic carbocycles. The molecule has 0 saturated carbocycles. The van der Waals surface area contributed by atoms with Gasteiger partial charge in [-0.2, -0.15) is 0 Å². The summed E-state index contributed by atoms with van der Waals surface area (Å²) < 4.78 is 0. The van der Waals surface area contributed by atoms with Crippen LogP contribution in [0.4, 0.5) is 5.69 Å². The molecule has 1 aromatic carbocycles. The van der Waals surface area contributed by atoms with Crippen LogP contribution in [0.2, 0.25) is 0 Å². The number of hydrogen-bond donors (Lipinski definition) is 1. The second-order valence-corrected chi connectivity index (χ2v) is 4.17. The normalized spacial score (nSPS) is 12.0. The molecule has 0 radical (unpaired) electrons. The number of nitrogens with zero attached hydrogens (tertiary/aromatic N) is 2. The Morgan fingerprint density at radius 3 is 2.67 bits per heavy atom. The van der Waals surface area contributed by atoms with Crippen molar-refractivity contribution in [3.05, 3.63) is 39.4 Å². The molecule has 0 aliphatic rings. The van der Waals surface area contributed by atoms with E-state index in [1.54, 1.807) is 26.0 Å². The Balaban J connectivity index is 3.24. The highest BCUT2D eigenvalue weighted by Crippen LogP contribution is 2.23. The van der Waals surface area contributed by atoms with Gasteiger partial charge in [-0.3, -0.25) is 14.9 Å². The largest absolute Gasteiger partial charge is 0.394 e. The van der Waals surface area contributed by atoms with E-state index in [-0.39, 0.29) is 17.9 Å². The molecule has 18 heavy (non-hydrogen) atoms. The minimum Gasteiger partial charge on any atom is -0.394 e. The average molecular weight is 252 g/mol. The maximum atomic E-state index is 12.2. The van der Waals surface area contributed by atoms with E-state index >= 15 is 0 Å². The number of aliphatic hydroxyl groups is 1. The van der Waals surface area contributed by atoms with Crippen molar-refractivity contribution in [2.45, 2.75) is 19.9 Å². The lowest BCUT2D eigenvalue weighted by Crippen LogP contribution is -2.37. The molecular weight excluding hydrogens is 236 g/mol. The first-order valence-electron chi connectivity index (χ1n) is 5.52. The Bertz CT molecular complexity index is 473. The molecule has 1 amide bonds. The molecule has 98 valence electrons. The van der Waals surface area contributed by atoms with Gasteiger partial charge in [0.05, 0.1) is 17.6 Å². The highest BCUT2D eigenvalue weighted by atomic mass is 16.6. The fourth-order valence-electron chi connectivity index (χ4n) is 1.58. The zero-order chi connectivity index (χ0) is 13.9. The molecule has 0 fully saturated rings. The first-order valence-corrected chi connectivity index (χ1v) is 5.52. The zero-order valence-corrected chi connectivity index (χ0v) is 10.6. The molecule has 6 nitrogen and oxygen atoms in total. The Morgan fingerprint density at radius 1 is 1.56 bits per heavy atom. The lowest BCUT2D eigenvalue weighted by molar-refractivity contribution is -0.385. The van der Waals surface area contributed by atoms with Crippen molar-refractivity contribution in [3.63, 3.8) is 0 Å². The van der Waals surface area contributed by atoms with E-state index in [1.165, 1.54) is 18.0 Å². The van der Waals surface area contributed by atoms with Crippen LogP contribution in [0, 0.1) is 17.0 Å². The highest BCUT2D eigenvalue weighted by molar-refractivity contribution is 5.99.